The third kappa shape index (κ3) is 3.43. The van der Waals surface area contributed by atoms with Gasteiger partial charge in [0.1, 0.15) is 12.1 Å². The quantitative estimate of drug-likeness (QED) is 0.843. The maximum Gasteiger partial charge on any atom is 0.421 e. The minimum atomic E-state index is -4.71. The van der Waals surface area contributed by atoms with Gasteiger partial charge in [-0.2, -0.15) is 23.3 Å². The normalized spacial score (nSPS) is 15.1. The number of nitrogens with zero attached hydrogens (tertiary/aromatic N) is 4. The molecule has 1 aliphatic carbocycles. The van der Waals surface area contributed by atoms with Crippen LogP contribution in [0.15, 0.2) is 15.4 Å². The zero-order valence-electron chi connectivity index (χ0n) is 12.4. The second kappa shape index (κ2) is 5.78. The molecule has 0 spiro atoms. The van der Waals surface area contributed by atoms with Crippen LogP contribution in [0.5, 0.6) is 0 Å². The maximum absolute atomic E-state index is 13.0. The Morgan fingerprint density at radius 1 is 1.39 bits per heavy atom. The van der Waals surface area contributed by atoms with Crippen molar-refractivity contribution >= 4 is 0 Å². The highest BCUT2D eigenvalue weighted by Gasteiger charge is 2.37. The van der Waals surface area contributed by atoms with Gasteiger partial charge in [-0.05, 0) is 25.3 Å². The van der Waals surface area contributed by atoms with Gasteiger partial charge in [-0.25, -0.2) is 4.68 Å². The number of hydrogen-bond acceptors (Lipinski definition) is 5. The fraction of sp³-hybridized carbons (Fsp3) is 0.571. The lowest BCUT2D eigenvalue weighted by atomic mass is 10.2. The number of rotatable bonds is 5. The van der Waals surface area contributed by atoms with Crippen LogP contribution in [0.3, 0.4) is 0 Å². The molecule has 0 atom stereocenters. The third-order valence-corrected chi connectivity index (χ3v) is 3.56. The maximum atomic E-state index is 13.0. The van der Waals surface area contributed by atoms with Gasteiger partial charge in [-0.15, -0.1) is 0 Å². The van der Waals surface area contributed by atoms with Crippen molar-refractivity contribution in [1.82, 2.24) is 19.9 Å². The highest BCUT2D eigenvalue weighted by Crippen LogP contribution is 2.40. The standard InChI is InChI=1S/C14H15F3N4O2/c1-2-3-11-18-12(23-20-11)7-21-13(22)9(14(15,16)17)6-10(19-21)8-4-5-8/h6,8H,2-5,7H2,1H3. The van der Waals surface area contributed by atoms with Crippen molar-refractivity contribution in [2.45, 2.75) is 51.2 Å². The average Bonchev–Trinajstić information content (AvgIpc) is 3.22. The molecule has 1 fully saturated rings. The summed E-state index contributed by atoms with van der Waals surface area (Å²) in [5.41, 5.74) is -2.12. The van der Waals surface area contributed by atoms with Crippen LogP contribution in [-0.2, 0) is 19.1 Å². The van der Waals surface area contributed by atoms with E-state index in [4.69, 9.17) is 4.52 Å². The second-order valence-electron chi connectivity index (χ2n) is 5.57. The molecule has 9 heteroatoms. The second-order valence-corrected chi connectivity index (χ2v) is 5.57. The van der Waals surface area contributed by atoms with E-state index in [9.17, 15) is 18.0 Å². The molecule has 1 aliphatic rings. The lowest BCUT2D eigenvalue weighted by Crippen LogP contribution is -2.31. The molecule has 0 bridgehead atoms. The Kier molecular flexibility index (Phi) is 3.95. The number of aryl methyl sites for hydroxylation is 1. The van der Waals surface area contributed by atoms with Gasteiger partial charge in [0.25, 0.3) is 5.56 Å². The van der Waals surface area contributed by atoms with Gasteiger partial charge in [0, 0.05) is 12.3 Å². The van der Waals surface area contributed by atoms with E-state index >= 15 is 0 Å². The molecule has 1 saturated carbocycles. The zero-order valence-corrected chi connectivity index (χ0v) is 12.4. The van der Waals surface area contributed by atoms with Crippen LogP contribution in [0.2, 0.25) is 0 Å². The molecule has 0 aromatic carbocycles. The van der Waals surface area contributed by atoms with Gasteiger partial charge in [0.2, 0.25) is 5.89 Å². The fourth-order valence-electron chi connectivity index (χ4n) is 2.26. The molecular weight excluding hydrogens is 313 g/mol. The summed E-state index contributed by atoms with van der Waals surface area (Å²) in [5, 5.41) is 7.76. The van der Waals surface area contributed by atoms with E-state index in [1.807, 2.05) is 6.92 Å². The lowest BCUT2D eigenvalue weighted by molar-refractivity contribution is -0.139. The minimum absolute atomic E-state index is 0.0127. The van der Waals surface area contributed by atoms with Crippen LogP contribution in [0, 0.1) is 0 Å². The van der Waals surface area contributed by atoms with Crippen LogP contribution >= 0.6 is 0 Å². The molecule has 2 aromatic heterocycles. The van der Waals surface area contributed by atoms with E-state index in [-0.39, 0.29) is 24.0 Å². The molecule has 2 heterocycles. The van der Waals surface area contributed by atoms with E-state index in [2.05, 4.69) is 15.2 Å². The summed E-state index contributed by atoms with van der Waals surface area (Å²) in [6.45, 7) is 1.68. The molecule has 0 N–H and O–H groups in total. The van der Waals surface area contributed by atoms with Crippen LogP contribution in [0.4, 0.5) is 13.2 Å². The predicted molar refractivity (Wildman–Crippen MR) is 72.9 cm³/mol. The van der Waals surface area contributed by atoms with E-state index in [0.29, 0.717) is 12.2 Å². The van der Waals surface area contributed by atoms with E-state index in [0.717, 1.165) is 30.0 Å². The van der Waals surface area contributed by atoms with Gasteiger partial charge < -0.3 is 4.52 Å². The summed E-state index contributed by atoms with van der Waals surface area (Å²) < 4.78 is 44.9. The zero-order chi connectivity index (χ0) is 16.6. The molecule has 23 heavy (non-hydrogen) atoms. The first-order valence-electron chi connectivity index (χ1n) is 7.39. The van der Waals surface area contributed by atoms with Gasteiger partial charge in [-0.3, -0.25) is 4.79 Å². The summed E-state index contributed by atoms with van der Waals surface area (Å²) in [7, 11) is 0. The van der Waals surface area contributed by atoms with Gasteiger partial charge >= 0.3 is 6.18 Å². The van der Waals surface area contributed by atoms with Gasteiger partial charge in [-0.1, -0.05) is 12.1 Å². The van der Waals surface area contributed by atoms with Crippen molar-refractivity contribution in [3.8, 4) is 0 Å². The number of alkyl halides is 3. The molecule has 0 saturated heterocycles. The van der Waals surface area contributed by atoms with Gasteiger partial charge in [0.05, 0.1) is 5.69 Å². The van der Waals surface area contributed by atoms with Crippen LogP contribution in [0.1, 0.15) is 55.1 Å². The van der Waals surface area contributed by atoms with Gasteiger partial charge in [0.15, 0.2) is 5.82 Å². The van der Waals surface area contributed by atoms with Crippen molar-refractivity contribution in [2.24, 2.45) is 0 Å². The molecule has 2 aromatic rings. The lowest BCUT2D eigenvalue weighted by Gasteiger charge is -2.11. The molecule has 0 unspecified atom stereocenters. The topological polar surface area (TPSA) is 73.8 Å². The Morgan fingerprint density at radius 2 is 2.13 bits per heavy atom. The Hall–Kier alpha value is -2.19. The first-order valence-corrected chi connectivity index (χ1v) is 7.39. The number of halogens is 3. The Labute approximate surface area is 129 Å². The van der Waals surface area contributed by atoms with Crippen molar-refractivity contribution in [3.05, 3.63) is 39.4 Å². The Balaban J connectivity index is 1.96. The van der Waals surface area contributed by atoms with E-state index in [1.165, 1.54) is 0 Å². The smallest absolute Gasteiger partial charge is 0.337 e. The van der Waals surface area contributed by atoms with Crippen LogP contribution in [0.25, 0.3) is 0 Å². The SMILES string of the molecule is CCCc1noc(Cn2nc(C3CC3)cc(C(F)(F)F)c2=O)n1. The van der Waals surface area contributed by atoms with Crippen molar-refractivity contribution in [3.63, 3.8) is 0 Å². The number of aromatic nitrogens is 4. The summed E-state index contributed by atoms with van der Waals surface area (Å²) in [5.74, 6) is 0.523. The summed E-state index contributed by atoms with van der Waals surface area (Å²) in [6.07, 6.45) is -1.74. The highest BCUT2D eigenvalue weighted by atomic mass is 19.4. The Bertz CT molecular complexity index is 762. The third-order valence-electron chi connectivity index (χ3n) is 3.56. The first-order chi connectivity index (χ1) is 10.9. The summed E-state index contributed by atoms with van der Waals surface area (Å²) in [6, 6.07) is 0.854. The largest absolute Gasteiger partial charge is 0.421 e. The summed E-state index contributed by atoms with van der Waals surface area (Å²) >= 11 is 0. The average molecular weight is 328 g/mol. The molecule has 0 aliphatic heterocycles. The molecule has 6 nitrogen and oxygen atoms in total. The molecule has 0 amide bonds. The predicted octanol–water partition coefficient (Wildman–Crippen LogP) is 2.52. The first kappa shape index (κ1) is 15.7. The summed E-state index contributed by atoms with van der Waals surface area (Å²) in [4.78, 5) is 16.1. The fourth-order valence-corrected chi connectivity index (χ4v) is 2.26. The highest BCUT2D eigenvalue weighted by molar-refractivity contribution is 5.22. The van der Waals surface area contributed by atoms with Crippen LogP contribution in [-0.4, -0.2) is 19.9 Å². The van der Waals surface area contributed by atoms with Crippen molar-refractivity contribution in [2.75, 3.05) is 0 Å². The van der Waals surface area contributed by atoms with E-state index < -0.39 is 17.3 Å². The van der Waals surface area contributed by atoms with Crippen molar-refractivity contribution in [1.29, 1.82) is 0 Å². The molecule has 3 rings (SSSR count). The minimum Gasteiger partial charge on any atom is -0.337 e. The molecular formula is C14H15F3N4O2. The molecule has 0 radical (unpaired) electrons. The van der Waals surface area contributed by atoms with Crippen LogP contribution < -0.4 is 5.56 Å². The van der Waals surface area contributed by atoms with Crippen molar-refractivity contribution < 1.29 is 17.7 Å². The Morgan fingerprint density at radius 3 is 2.74 bits per heavy atom. The number of hydrogen-bond donors (Lipinski definition) is 0. The molecule has 124 valence electrons. The monoisotopic (exact) mass is 328 g/mol. The van der Waals surface area contributed by atoms with E-state index in [1.54, 1.807) is 0 Å².